The molecule has 1 aromatic rings. The second kappa shape index (κ2) is 5.14. The Hall–Kier alpha value is -1.06. The van der Waals surface area contributed by atoms with Crippen LogP contribution in [0, 0.1) is 5.92 Å². The first kappa shape index (κ1) is 12.9. The van der Waals surface area contributed by atoms with Crippen LogP contribution < -0.4 is 5.73 Å². The zero-order chi connectivity index (χ0) is 13.3. The van der Waals surface area contributed by atoms with Gasteiger partial charge in [-0.05, 0) is 37.7 Å². The molecule has 0 bridgehead atoms. The predicted molar refractivity (Wildman–Crippen MR) is 75.7 cm³/mol. The number of aliphatic hydroxyl groups excluding tert-OH is 1. The Balaban J connectivity index is 1.76. The molecule has 1 aliphatic carbocycles. The van der Waals surface area contributed by atoms with Crippen LogP contribution in [-0.2, 0) is 4.74 Å². The van der Waals surface area contributed by atoms with Crippen LogP contribution >= 0.6 is 0 Å². The van der Waals surface area contributed by atoms with Gasteiger partial charge in [0, 0.05) is 17.9 Å². The number of hydrogen-bond donors (Lipinski definition) is 2. The van der Waals surface area contributed by atoms with Crippen LogP contribution in [0.4, 0.5) is 5.69 Å². The summed E-state index contributed by atoms with van der Waals surface area (Å²) in [7, 11) is 0. The van der Waals surface area contributed by atoms with E-state index in [1.165, 1.54) is 12.8 Å². The Kier molecular flexibility index (Phi) is 3.50. The fourth-order valence-electron chi connectivity index (χ4n) is 3.74. The summed E-state index contributed by atoms with van der Waals surface area (Å²) in [6, 6.07) is 7.66. The zero-order valence-electron chi connectivity index (χ0n) is 11.3. The molecule has 0 amide bonds. The maximum absolute atomic E-state index is 10.6. The van der Waals surface area contributed by atoms with E-state index in [9.17, 15) is 5.11 Å². The van der Waals surface area contributed by atoms with Crippen molar-refractivity contribution in [2.45, 2.75) is 50.2 Å². The topological polar surface area (TPSA) is 55.5 Å². The van der Waals surface area contributed by atoms with E-state index in [-0.39, 0.29) is 11.5 Å². The largest absolute Gasteiger partial charge is 0.398 e. The summed E-state index contributed by atoms with van der Waals surface area (Å²) >= 11 is 0. The van der Waals surface area contributed by atoms with Crippen molar-refractivity contribution in [2.24, 2.45) is 5.92 Å². The normalized spacial score (nSPS) is 27.5. The van der Waals surface area contributed by atoms with Gasteiger partial charge in [0.1, 0.15) is 0 Å². The Bertz CT molecular complexity index is 440. The average Bonchev–Trinajstić information content (AvgIpc) is 2.86. The second-order valence-electron chi connectivity index (χ2n) is 6.07. The molecule has 1 aliphatic heterocycles. The predicted octanol–water partition coefficient (Wildman–Crippen LogP) is 3.04. The lowest BCUT2D eigenvalue weighted by Crippen LogP contribution is -2.39. The van der Waals surface area contributed by atoms with E-state index >= 15 is 0 Å². The van der Waals surface area contributed by atoms with E-state index in [1.807, 2.05) is 24.3 Å². The van der Waals surface area contributed by atoms with Gasteiger partial charge in [-0.1, -0.05) is 31.0 Å². The summed E-state index contributed by atoms with van der Waals surface area (Å²) in [4.78, 5) is 0. The van der Waals surface area contributed by atoms with Gasteiger partial charge in [-0.25, -0.2) is 0 Å². The van der Waals surface area contributed by atoms with Crippen molar-refractivity contribution in [3.8, 4) is 0 Å². The number of para-hydroxylation sites is 1. The van der Waals surface area contributed by atoms with Crippen LogP contribution in [-0.4, -0.2) is 17.3 Å². The Morgan fingerprint density at radius 1 is 1.26 bits per heavy atom. The van der Waals surface area contributed by atoms with Crippen LogP contribution in [0.15, 0.2) is 24.3 Å². The van der Waals surface area contributed by atoms with Crippen LogP contribution in [0.3, 0.4) is 0 Å². The molecular formula is C16H23NO2. The second-order valence-corrected chi connectivity index (χ2v) is 6.07. The molecule has 2 atom stereocenters. The van der Waals surface area contributed by atoms with Crippen molar-refractivity contribution in [1.82, 2.24) is 0 Å². The van der Waals surface area contributed by atoms with Gasteiger partial charge >= 0.3 is 0 Å². The highest BCUT2D eigenvalue weighted by Gasteiger charge is 2.42. The summed E-state index contributed by atoms with van der Waals surface area (Å²) in [6.45, 7) is 0.772. The molecule has 19 heavy (non-hydrogen) atoms. The molecule has 1 saturated heterocycles. The molecule has 0 radical (unpaired) electrons. The number of rotatable bonds is 2. The fraction of sp³-hybridized carbons (Fsp3) is 0.625. The quantitative estimate of drug-likeness (QED) is 0.804. The average molecular weight is 261 g/mol. The molecule has 0 aromatic heterocycles. The van der Waals surface area contributed by atoms with Crippen molar-refractivity contribution in [3.63, 3.8) is 0 Å². The van der Waals surface area contributed by atoms with E-state index in [4.69, 9.17) is 10.5 Å². The van der Waals surface area contributed by atoms with E-state index in [2.05, 4.69) is 0 Å². The van der Waals surface area contributed by atoms with Crippen LogP contribution in [0.25, 0.3) is 0 Å². The van der Waals surface area contributed by atoms with Gasteiger partial charge in [-0.3, -0.25) is 0 Å². The van der Waals surface area contributed by atoms with E-state index in [0.29, 0.717) is 5.69 Å². The third-order valence-corrected chi connectivity index (χ3v) is 4.81. The van der Waals surface area contributed by atoms with Gasteiger partial charge in [-0.2, -0.15) is 0 Å². The summed E-state index contributed by atoms with van der Waals surface area (Å²) in [5.74, 6) is 0.275. The number of nitrogen functional groups attached to an aromatic ring is 1. The minimum absolute atomic E-state index is 0.0490. The molecule has 3 nitrogen and oxygen atoms in total. The summed E-state index contributed by atoms with van der Waals surface area (Å²) in [6.07, 6.45) is 6.27. The van der Waals surface area contributed by atoms with Crippen LogP contribution in [0.1, 0.15) is 50.2 Å². The lowest BCUT2D eigenvalue weighted by molar-refractivity contribution is -0.113. The monoisotopic (exact) mass is 261 g/mol. The van der Waals surface area contributed by atoms with Gasteiger partial charge < -0.3 is 15.6 Å². The van der Waals surface area contributed by atoms with Crippen molar-refractivity contribution in [1.29, 1.82) is 0 Å². The molecule has 3 rings (SSSR count). The summed E-state index contributed by atoms with van der Waals surface area (Å²) < 4.78 is 6.03. The SMILES string of the molecule is Nc1ccccc1C(O)C1CCOC2(CCCC2)C1. The lowest BCUT2D eigenvalue weighted by atomic mass is 9.79. The third-order valence-electron chi connectivity index (χ3n) is 4.81. The van der Waals surface area contributed by atoms with Crippen molar-refractivity contribution in [3.05, 3.63) is 29.8 Å². The van der Waals surface area contributed by atoms with Crippen LogP contribution in [0.5, 0.6) is 0 Å². The van der Waals surface area contributed by atoms with Gasteiger partial charge in [0.05, 0.1) is 11.7 Å². The molecular weight excluding hydrogens is 238 g/mol. The lowest BCUT2D eigenvalue weighted by Gasteiger charge is -2.40. The van der Waals surface area contributed by atoms with E-state index in [1.54, 1.807) is 0 Å². The highest BCUT2D eigenvalue weighted by Crippen LogP contribution is 2.45. The molecule has 1 heterocycles. The molecule has 1 saturated carbocycles. The standard InChI is InChI=1S/C16H23NO2/c17-14-6-2-1-5-13(14)15(18)12-7-10-19-16(11-12)8-3-4-9-16/h1-2,5-6,12,15,18H,3-4,7-11,17H2. The molecule has 2 fully saturated rings. The highest BCUT2D eigenvalue weighted by atomic mass is 16.5. The van der Waals surface area contributed by atoms with Crippen molar-refractivity contribution >= 4 is 5.69 Å². The molecule has 1 aromatic carbocycles. The smallest absolute Gasteiger partial charge is 0.0839 e. The molecule has 3 heteroatoms. The molecule has 2 aliphatic rings. The number of anilines is 1. The van der Waals surface area contributed by atoms with E-state index in [0.717, 1.165) is 37.9 Å². The van der Waals surface area contributed by atoms with Gasteiger partial charge in [0.2, 0.25) is 0 Å². The van der Waals surface area contributed by atoms with Gasteiger partial charge in [0.15, 0.2) is 0 Å². The molecule has 2 unspecified atom stereocenters. The first-order valence-electron chi connectivity index (χ1n) is 7.37. The Labute approximate surface area is 114 Å². The first-order chi connectivity index (χ1) is 9.20. The highest BCUT2D eigenvalue weighted by molar-refractivity contribution is 5.47. The minimum atomic E-state index is -0.456. The minimum Gasteiger partial charge on any atom is -0.398 e. The fourth-order valence-corrected chi connectivity index (χ4v) is 3.74. The van der Waals surface area contributed by atoms with Crippen molar-refractivity contribution in [2.75, 3.05) is 12.3 Å². The third kappa shape index (κ3) is 2.49. The van der Waals surface area contributed by atoms with Gasteiger partial charge in [0.25, 0.3) is 0 Å². The Morgan fingerprint density at radius 2 is 2.00 bits per heavy atom. The first-order valence-corrected chi connectivity index (χ1v) is 7.37. The Morgan fingerprint density at radius 3 is 2.74 bits per heavy atom. The molecule has 1 spiro atoms. The number of ether oxygens (including phenoxy) is 1. The van der Waals surface area contributed by atoms with Gasteiger partial charge in [-0.15, -0.1) is 0 Å². The van der Waals surface area contributed by atoms with Crippen molar-refractivity contribution < 1.29 is 9.84 Å². The maximum atomic E-state index is 10.6. The maximum Gasteiger partial charge on any atom is 0.0839 e. The number of nitrogens with two attached hydrogens (primary N) is 1. The molecule has 3 N–H and O–H groups in total. The van der Waals surface area contributed by atoms with Crippen LogP contribution in [0.2, 0.25) is 0 Å². The van der Waals surface area contributed by atoms with E-state index < -0.39 is 6.10 Å². The number of benzene rings is 1. The molecule has 104 valence electrons. The summed E-state index contributed by atoms with van der Waals surface area (Å²) in [5.41, 5.74) is 7.60. The summed E-state index contributed by atoms with van der Waals surface area (Å²) in [5, 5.41) is 10.6. The number of hydrogen-bond acceptors (Lipinski definition) is 3. The number of aliphatic hydroxyl groups is 1. The zero-order valence-corrected chi connectivity index (χ0v) is 11.3.